The third-order valence-corrected chi connectivity index (χ3v) is 2.94. The first-order chi connectivity index (χ1) is 7.79. The van der Waals surface area contributed by atoms with Crippen molar-refractivity contribution in [3.05, 3.63) is 22.6 Å². The fourth-order valence-corrected chi connectivity index (χ4v) is 2.21. The Labute approximate surface area is 94.4 Å². The maximum Gasteiger partial charge on any atom is 0.266 e. The van der Waals surface area contributed by atoms with Crippen LogP contribution in [-0.4, -0.2) is 37.0 Å². The van der Waals surface area contributed by atoms with Crippen LogP contribution < -0.4 is 10.5 Å². The van der Waals surface area contributed by atoms with Gasteiger partial charge in [-0.15, -0.1) is 0 Å². The molecule has 16 heavy (non-hydrogen) atoms. The average Bonchev–Trinajstić information content (AvgIpc) is 2.30. The molecule has 1 N–H and O–H groups in total. The zero-order valence-corrected chi connectivity index (χ0v) is 9.48. The molecule has 2 rings (SSSR count). The maximum atomic E-state index is 11.2. The number of hydrogen-bond acceptors (Lipinski definition) is 4. The minimum atomic E-state index is -0.147. The fraction of sp³-hybridized carbons (Fsp3) is 0.636. The molecular weight excluding hydrogens is 206 g/mol. The summed E-state index contributed by atoms with van der Waals surface area (Å²) in [5.41, 5.74) is 0.760. The highest BCUT2D eigenvalue weighted by Gasteiger charge is 2.20. The van der Waals surface area contributed by atoms with Crippen LogP contribution in [0.3, 0.4) is 0 Å². The van der Waals surface area contributed by atoms with Gasteiger partial charge in [0.25, 0.3) is 5.56 Å². The van der Waals surface area contributed by atoms with E-state index in [-0.39, 0.29) is 5.56 Å². The van der Waals surface area contributed by atoms with E-state index in [0.717, 1.165) is 31.8 Å². The third kappa shape index (κ3) is 2.61. The van der Waals surface area contributed by atoms with Gasteiger partial charge in [0.1, 0.15) is 0 Å². The Hall–Kier alpha value is -1.36. The van der Waals surface area contributed by atoms with Crippen LogP contribution in [0, 0.1) is 5.92 Å². The number of piperidine rings is 1. The molecule has 1 unspecified atom stereocenters. The van der Waals surface area contributed by atoms with Gasteiger partial charge in [0.2, 0.25) is 0 Å². The van der Waals surface area contributed by atoms with Gasteiger partial charge < -0.3 is 9.64 Å². The molecule has 88 valence electrons. The van der Waals surface area contributed by atoms with Gasteiger partial charge in [-0.3, -0.25) is 4.79 Å². The van der Waals surface area contributed by atoms with E-state index in [4.69, 9.17) is 4.74 Å². The van der Waals surface area contributed by atoms with Gasteiger partial charge in [0.15, 0.2) is 0 Å². The number of anilines is 1. The number of H-pyrrole nitrogens is 1. The van der Waals surface area contributed by atoms with E-state index < -0.39 is 0 Å². The Morgan fingerprint density at radius 3 is 3.31 bits per heavy atom. The Morgan fingerprint density at radius 2 is 2.56 bits per heavy atom. The van der Waals surface area contributed by atoms with Gasteiger partial charge in [0.05, 0.1) is 18.5 Å². The summed E-state index contributed by atoms with van der Waals surface area (Å²) in [4.78, 5) is 13.4. The first kappa shape index (κ1) is 11.1. The smallest absolute Gasteiger partial charge is 0.266 e. The lowest BCUT2D eigenvalue weighted by Gasteiger charge is -2.33. The molecule has 1 atom stereocenters. The molecule has 0 saturated carbocycles. The van der Waals surface area contributed by atoms with Crippen molar-refractivity contribution in [1.82, 2.24) is 10.2 Å². The highest BCUT2D eigenvalue weighted by atomic mass is 16.5. The summed E-state index contributed by atoms with van der Waals surface area (Å²) < 4.78 is 5.18. The molecule has 1 aromatic heterocycles. The van der Waals surface area contributed by atoms with Crippen molar-refractivity contribution in [3.8, 4) is 0 Å². The summed E-state index contributed by atoms with van der Waals surface area (Å²) in [6.45, 7) is 2.72. The molecule has 2 heterocycles. The summed E-state index contributed by atoms with van der Waals surface area (Å²) >= 11 is 0. The van der Waals surface area contributed by atoms with E-state index in [1.54, 1.807) is 19.4 Å². The number of aromatic amines is 1. The lowest BCUT2D eigenvalue weighted by Crippen LogP contribution is -2.37. The molecule has 5 nitrogen and oxygen atoms in total. The van der Waals surface area contributed by atoms with Crippen molar-refractivity contribution >= 4 is 5.69 Å². The first-order valence-electron chi connectivity index (χ1n) is 5.58. The number of ether oxygens (including phenoxy) is 1. The second-order valence-electron chi connectivity index (χ2n) is 4.21. The molecule has 0 spiro atoms. The van der Waals surface area contributed by atoms with Crippen molar-refractivity contribution in [2.24, 2.45) is 5.92 Å². The number of nitrogens with one attached hydrogen (secondary N) is 1. The predicted molar refractivity (Wildman–Crippen MR) is 61.7 cm³/mol. The van der Waals surface area contributed by atoms with Crippen LogP contribution in [0.15, 0.2) is 17.1 Å². The summed E-state index contributed by atoms with van der Waals surface area (Å²) in [6, 6.07) is 1.60. The van der Waals surface area contributed by atoms with Crippen LogP contribution in [0.25, 0.3) is 0 Å². The first-order valence-corrected chi connectivity index (χ1v) is 5.58. The summed E-state index contributed by atoms with van der Waals surface area (Å²) in [6.07, 6.45) is 4.04. The van der Waals surface area contributed by atoms with Crippen LogP contribution in [0.4, 0.5) is 5.69 Å². The normalized spacial score (nSPS) is 21.1. The summed E-state index contributed by atoms with van der Waals surface area (Å²) in [5, 5.41) is 6.21. The van der Waals surface area contributed by atoms with Crippen LogP contribution >= 0.6 is 0 Å². The SMILES string of the molecule is COCC1CCCN(c2cn[nH]c(=O)c2)C1. The van der Waals surface area contributed by atoms with Crippen molar-refractivity contribution in [1.29, 1.82) is 0 Å². The number of methoxy groups -OCH3 is 1. The molecule has 0 aromatic carbocycles. The monoisotopic (exact) mass is 223 g/mol. The quantitative estimate of drug-likeness (QED) is 0.816. The highest BCUT2D eigenvalue weighted by Crippen LogP contribution is 2.21. The lowest BCUT2D eigenvalue weighted by atomic mass is 9.99. The van der Waals surface area contributed by atoms with Gasteiger partial charge in [-0.25, -0.2) is 5.10 Å². The maximum absolute atomic E-state index is 11.2. The minimum Gasteiger partial charge on any atom is -0.384 e. The molecular formula is C11H17N3O2. The zero-order chi connectivity index (χ0) is 11.4. The van der Waals surface area contributed by atoms with Crippen LogP contribution in [0.5, 0.6) is 0 Å². The zero-order valence-electron chi connectivity index (χ0n) is 9.48. The van der Waals surface area contributed by atoms with Gasteiger partial charge in [-0.05, 0) is 18.8 Å². The number of rotatable bonds is 3. The number of aromatic nitrogens is 2. The lowest BCUT2D eigenvalue weighted by molar-refractivity contribution is 0.143. The highest BCUT2D eigenvalue weighted by molar-refractivity contribution is 5.43. The molecule has 0 bridgehead atoms. The third-order valence-electron chi connectivity index (χ3n) is 2.94. The molecule has 1 aliphatic heterocycles. The largest absolute Gasteiger partial charge is 0.384 e. The molecule has 0 aliphatic carbocycles. The van der Waals surface area contributed by atoms with E-state index in [1.807, 2.05) is 0 Å². The van der Waals surface area contributed by atoms with E-state index >= 15 is 0 Å². The topological polar surface area (TPSA) is 58.2 Å². The number of hydrogen-bond donors (Lipinski definition) is 1. The second kappa shape index (κ2) is 5.12. The van der Waals surface area contributed by atoms with Crippen molar-refractivity contribution in [2.45, 2.75) is 12.8 Å². The van der Waals surface area contributed by atoms with E-state index in [0.29, 0.717) is 5.92 Å². The van der Waals surface area contributed by atoms with E-state index in [1.165, 1.54) is 6.42 Å². The van der Waals surface area contributed by atoms with Gasteiger partial charge in [0, 0.05) is 26.3 Å². The average molecular weight is 223 g/mol. The van der Waals surface area contributed by atoms with Gasteiger partial charge >= 0.3 is 0 Å². The summed E-state index contributed by atoms with van der Waals surface area (Å²) in [7, 11) is 1.73. The predicted octanol–water partition coefficient (Wildman–Crippen LogP) is 0.633. The van der Waals surface area contributed by atoms with Crippen LogP contribution in [-0.2, 0) is 4.74 Å². The molecule has 1 aliphatic rings. The molecule has 1 aromatic rings. The molecule has 0 radical (unpaired) electrons. The Balaban J connectivity index is 2.06. The standard InChI is InChI=1S/C11H17N3O2/c1-16-8-9-3-2-4-14(7-9)10-5-11(15)13-12-6-10/h5-6,9H,2-4,7-8H2,1H3,(H,13,15). The van der Waals surface area contributed by atoms with Gasteiger partial charge in [-0.2, -0.15) is 5.10 Å². The van der Waals surface area contributed by atoms with E-state index in [2.05, 4.69) is 15.1 Å². The Morgan fingerprint density at radius 1 is 1.69 bits per heavy atom. The molecule has 0 amide bonds. The van der Waals surface area contributed by atoms with Crippen molar-refractivity contribution in [2.75, 3.05) is 31.7 Å². The van der Waals surface area contributed by atoms with Crippen molar-refractivity contribution < 1.29 is 4.74 Å². The Bertz CT molecular complexity index is 389. The Kier molecular flexibility index (Phi) is 3.56. The molecule has 1 saturated heterocycles. The van der Waals surface area contributed by atoms with E-state index in [9.17, 15) is 4.79 Å². The summed E-state index contributed by atoms with van der Waals surface area (Å²) in [5.74, 6) is 0.554. The van der Waals surface area contributed by atoms with Crippen molar-refractivity contribution in [3.63, 3.8) is 0 Å². The van der Waals surface area contributed by atoms with Crippen LogP contribution in [0.1, 0.15) is 12.8 Å². The minimum absolute atomic E-state index is 0.147. The van der Waals surface area contributed by atoms with Gasteiger partial charge in [-0.1, -0.05) is 0 Å². The fourth-order valence-electron chi connectivity index (χ4n) is 2.21. The number of nitrogens with zero attached hydrogens (tertiary/aromatic N) is 2. The van der Waals surface area contributed by atoms with Crippen LogP contribution in [0.2, 0.25) is 0 Å². The second-order valence-corrected chi connectivity index (χ2v) is 4.21. The molecule has 5 heteroatoms. The molecule has 1 fully saturated rings.